The molecule has 5 aromatic carbocycles. The Bertz CT molecular complexity index is 1960. The zero-order valence-electron chi connectivity index (χ0n) is 24.6. The first-order valence-electron chi connectivity index (χ1n) is 14.1. The summed E-state index contributed by atoms with van der Waals surface area (Å²) >= 11 is 9.79. The highest BCUT2D eigenvalue weighted by molar-refractivity contribution is 9.10. The van der Waals surface area contributed by atoms with E-state index in [-0.39, 0.29) is 29.3 Å². The van der Waals surface area contributed by atoms with Crippen molar-refractivity contribution in [2.75, 3.05) is 11.4 Å². The number of para-hydroxylation sites is 1. The third-order valence-electron chi connectivity index (χ3n) is 6.88. The number of hydrogen-bond acceptors (Lipinski definition) is 6. The minimum Gasteiger partial charge on any atom is -0.493 e. The molecule has 0 aliphatic heterocycles. The molecule has 0 aliphatic rings. The molecule has 0 saturated carbocycles. The molecule has 0 bridgehead atoms. The predicted octanol–water partition coefficient (Wildman–Crippen LogP) is 7.85. The van der Waals surface area contributed by atoms with Crippen LogP contribution in [-0.2, 0) is 23.2 Å². The number of hydrazone groups is 1. The van der Waals surface area contributed by atoms with E-state index in [2.05, 4.69) is 26.5 Å². The maximum Gasteiger partial charge on any atom is 0.273 e. The number of methoxy groups -OCH3 is 1. The molecule has 234 valence electrons. The van der Waals surface area contributed by atoms with Gasteiger partial charge in [-0.05, 0) is 69.5 Å². The number of ether oxygens (including phenoxy) is 2. The van der Waals surface area contributed by atoms with E-state index in [9.17, 15) is 13.2 Å². The molecule has 0 heterocycles. The van der Waals surface area contributed by atoms with Gasteiger partial charge in [-0.15, -0.1) is 0 Å². The predicted molar refractivity (Wildman–Crippen MR) is 184 cm³/mol. The molecule has 0 saturated heterocycles. The molecule has 1 N–H and O–H groups in total. The van der Waals surface area contributed by atoms with Crippen molar-refractivity contribution >= 4 is 55.4 Å². The lowest BCUT2D eigenvalue weighted by atomic mass is 10.1. The van der Waals surface area contributed by atoms with E-state index < -0.39 is 15.9 Å². The van der Waals surface area contributed by atoms with Gasteiger partial charge in [0.15, 0.2) is 11.5 Å². The molecule has 0 atom stereocenters. The van der Waals surface area contributed by atoms with E-state index in [1.807, 2.05) is 48.5 Å². The summed E-state index contributed by atoms with van der Waals surface area (Å²) in [4.78, 5) is 13.6. The van der Waals surface area contributed by atoms with Crippen molar-refractivity contribution in [2.45, 2.75) is 18.0 Å². The summed E-state index contributed by atoms with van der Waals surface area (Å²) in [5.74, 6) is 0.344. The zero-order valence-corrected chi connectivity index (χ0v) is 27.8. The normalized spacial score (nSPS) is 11.3. The number of nitrogens with one attached hydrogen (secondary N) is 1. The molecule has 5 aromatic rings. The van der Waals surface area contributed by atoms with Crippen LogP contribution < -0.4 is 19.2 Å². The Morgan fingerprint density at radius 3 is 2.28 bits per heavy atom. The average Bonchev–Trinajstić information content (AvgIpc) is 3.08. The molecule has 8 nitrogen and oxygen atoms in total. The van der Waals surface area contributed by atoms with Gasteiger partial charge in [-0.3, -0.25) is 9.10 Å². The molecule has 0 unspecified atom stereocenters. The van der Waals surface area contributed by atoms with E-state index in [1.54, 1.807) is 60.7 Å². The number of halogens is 2. The first-order chi connectivity index (χ1) is 22.3. The number of carbonyl (C=O) groups excluding carboxylic acids is 1. The van der Waals surface area contributed by atoms with Crippen LogP contribution in [0.2, 0.25) is 5.02 Å². The minimum atomic E-state index is -4.04. The second kappa shape index (κ2) is 15.1. The Hall–Kier alpha value is -4.64. The largest absolute Gasteiger partial charge is 0.493 e. The quantitative estimate of drug-likeness (QED) is 0.105. The van der Waals surface area contributed by atoms with Crippen LogP contribution in [0.25, 0.3) is 0 Å². The van der Waals surface area contributed by atoms with Crippen molar-refractivity contribution in [1.29, 1.82) is 0 Å². The van der Waals surface area contributed by atoms with Crippen LogP contribution in [0, 0.1) is 0 Å². The van der Waals surface area contributed by atoms with Gasteiger partial charge >= 0.3 is 0 Å². The maximum atomic E-state index is 13.9. The van der Waals surface area contributed by atoms with Gasteiger partial charge in [0, 0.05) is 10.6 Å². The standard InChI is InChI=1S/C35H29BrClN3O5S/c1-44-33-21-26(20-30(36)34(33)45-24-27-14-8-10-18-31(27)37)22-38-39-35(41)29-17-9-11-19-32(29)40(23-25-12-4-2-5-13-25)46(42,43)28-15-6-3-7-16-28/h2-22H,23-24H2,1H3,(H,39,41)/b38-22-. The number of nitrogens with zero attached hydrogens (tertiary/aromatic N) is 2. The summed E-state index contributed by atoms with van der Waals surface area (Å²) < 4.78 is 41.2. The molecule has 0 aromatic heterocycles. The van der Waals surface area contributed by atoms with Crippen LogP contribution >= 0.6 is 27.5 Å². The van der Waals surface area contributed by atoms with E-state index in [4.69, 9.17) is 21.1 Å². The van der Waals surface area contributed by atoms with Crippen LogP contribution in [0.4, 0.5) is 5.69 Å². The molecule has 0 aliphatic carbocycles. The lowest BCUT2D eigenvalue weighted by Gasteiger charge is -2.26. The van der Waals surface area contributed by atoms with Crippen molar-refractivity contribution < 1.29 is 22.7 Å². The van der Waals surface area contributed by atoms with Gasteiger partial charge in [-0.1, -0.05) is 90.5 Å². The van der Waals surface area contributed by atoms with E-state index in [0.717, 1.165) is 11.1 Å². The SMILES string of the molecule is COc1cc(/C=N\NC(=O)c2ccccc2N(Cc2ccccc2)S(=O)(=O)c2ccccc2)cc(Br)c1OCc1ccccc1Cl. The fraction of sp³-hybridized carbons (Fsp3) is 0.0857. The van der Waals surface area contributed by atoms with Gasteiger partial charge in [0.2, 0.25) is 0 Å². The second-order valence-corrected chi connectivity index (χ2v) is 13.1. The van der Waals surface area contributed by atoms with E-state index in [1.165, 1.54) is 29.8 Å². The third kappa shape index (κ3) is 7.77. The first kappa shape index (κ1) is 32.7. The van der Waals surface area contributed by atoms with Crippen molar-refractivity contribution in [3.8, 4) is 11.5 Å². The molecule has 0 spiro atoms. The minimum absolute atomic E-state index is 0.0182. The summed E-state index contributed by atoms with van der Waals surface area (Å²) in [7, 11) is -2.51. The molecule has 5 rings (SSSR count). The van der Waals surface area contributed by atoms with Gasteiger partial charge in [0.1, 0.15) is 6.61 Å². The fourth-order valence-corrected chi connectivity index (χ4v) is 6.85. The average molecular weight is 719 g/mol. The monoisotopic (exact) mass is 717 g/mol. The number of hydrogen-bond donors (Lipinski definition) is 1. The van der Waals surface area contributed by atoms with Gasteiger partial charge in [-0.25, -0.2) is 13.8 Å². The summed E-state index contributed by atoms with van der Waals surface area (Å²) in [6.07, 6.45) is 1.45. The molecular weight excluding hydrogens is 690 g/mol. The Kier molecular flexibility index (Phi) is 10.7. The van der Waals surface area contributed by atoms with E-state index >= 15 is 0 Å². The fourth-order valence-electron chi connectivity index (χ4n) is 4.60. The topological polar surface area (TPSA) is 97.3 Å². The summed E-state index contributed by atoms with van der Waals surface area (Å²) in [5, 5.41) is 4.74. The molecule has 11 heteroatoms. The summed E-state index contributed by atoms with van der Waals surface area (Å²) in [6, 6.07) is 34.7. The highest BCUT2D eigenvalue weighted by atomic mass is 79.9. The second-order valence-electron chi connectivity index (χ2n) is 9.94. The lowest BCUT2D eigenvalue weighted by molar-refractivity contribution is 0.0955. The number of sulfonamides is 1. The first-order valence-corrected chi connectivity index (χ1v) is 16.7. The van der Waals surface area contributed by atoms with Gasteiger partial charge in [0.25, 0.3) is 15.9 Å². The van der Waals surface area contributed by atoms with Gasteiger partial charge < -0.3 is 9.47 Å². The van der Waals surface area contributed by atoms with Crippen LogP contribution in [0.3, 0.4) is 0 Å². The van der Waals surface area contributed by atoms with E-state index in [0.29, 0.717) is 26.6 Å². The number of amides is 1. The number of anilines is 1. The van der Waals surface area contributed by atoms with Gasteiger partial charge in [-0.2, -0.15) is 5.10 Å². The summed E-state index contributed by atoms with van der Waals surface area (Å²) in [6.45, 7) is 0.253. The van der Waals surface area contributed by atoms with Gasteiger partial charge in [0.05, 0.1) is 40.5 Å². The highest BCUT2D eigenvalue weighted by Crippen LogP contribution is 2.37. The Morgan fingerprint density at radius 2 is 1.57 bits per heavy atom. The van der Waals surface area contributed by atoms with Crippen LogP contribution in [0.1, 0.15) is 27.0 Å². The van der Waals surface area contributed by atoms with Crippen LogP contribution in [0.5, 0.6) is 11.5 Å². The van der Waals surface area contributed by atoms with Crippen LogP contribution in [0.15, 0.2) is 136 Å². The molecular formula is C35H29BrClN3O5S. The number of rotatable bonds is 12. The summed E-state index contributed by atoms with van der Waals surface area (Å²) in [5.41, 5.74) is 5.07. The highest BCUT2D eigenvalue weighted by Gasteiger charge is 2.28. The number of benzene rings is 5. The van der Waals surface area contributed by atoms with Crippen molar-refractivity contribution in [2.24, 2.45) is 5.10 Å². The lowest BCUT2D eigenvalue weighted by Crippen LogP contribution is -2.33. The van der Waals surface area contributed by atoms with Crippen LogP contribution in [-0.4, -0.2) is 27.6 Å². The Balaban J connectivity index is 1.38. The third-order valence-corrected chi connectivity index (χ3v) is 9.61. The Morgan fingerprint density at radius 1 is 0.913 bits per heavy atom. The smallest absolute Gasteiger partial charge is 0.273 e. The number of carbonyl (C=O) groups is 1. The van der Waals surface area contributed by atoms with Crippen molar-refractivity contribution in [3.05, 3.63) is 153 Å². The molecule has 46 heavy (non-hydrogen) atoms. The van der Waals surface area contributed by atoms with Crippen molar-refractivity contribution in [3.63, 3.8) is 0 Å². The zero-order chi connectivity index (χ0) is 32.5. The molecule has 1 amide bonds. The van der Waals surface area contributed by atoms with Crippen molar-refractivity contribution in [1.82, 2.24) is 5.43 Å². The molecule has 0 fully saturated rings. The Labute approximate surface area is 281 Å². The molecule has 0 radical (unpaired) electrons. The maximum absolute atomic E-state index is 13.9.